The lowest BCUT2D eigenvalue weighted by Crippen LogP contribution is -2.27. The minimum Gasteiger partial charge on any atom is -0.383 e. The van der Waals surface area contributed by atoms with Crippen LogP contribution in [0.2, 0.25) is 0 Å². The summed E-state index contributed by atoms with van der Waals surface area (Å²) in [5, 5.41) is 0. The van der Waals surface area contributed by atoms with Gasteiger partial charge in [0, 0.05) is 12.7 Å². The quantitative estimate of drug-likeness (QED) is 0.820. The molecule has 0 saturated carbocycles. The van der Waals surface area contributed by atoms with E-state index in [1.807, 2.05) is 44.2 Å². The van der Waals surface area contributed by atoms with Crippen LogP contribution in [-0.2, 0) is 10.3 Å². The number of nitrogens with zero attached hydrogens (tertiary/aromatic N) is 2. The topological polar surface area (TPSA) is 61.0 Å². The van der Waals surface area contributed by atoms with Gasteiger partial charge in [0.2, 0.25) is 0 Å². The zero-order valence-corrected chi connectivity index (χ0v) is 14.0. The molecule has 1 atom stereocenters. The van der Waals surface area contributed by atoms with Crippen molar-refractivity contribution in [3.63, 3.8) is 0 Å². The number of anilines is 1. The largest absolute Gasteiger partial charge is 0.383 e. The van der Waals surface area contributed by atoms with Gasteiger partial charge in [-0.1, -0.05) is 37.3 Å². The van der Waals surface area contributed by atoms with Crippen LogP contribution in [0.25, 0.3) is 11.3 Å². The van der Waals surface area contributed by atoms with Crippen LogP contribution in [0.4, 0.5) is 5.82 Å². The van der Waals surface area contributed by atoms with Gasteiger partial charge in [-0.25, -0.2) is 9.97 Å². The number of hydrogen-bond donors (Lipinski definition) is 1. The molecule has 0 saturated heterocycles. The van der Waals surface area contributed by atoms with Crippen molar-refractivity contribution in [1.29, 1.82) is 0 Å². The molecule has 2 N–H and O–H groups in total. The summed E-state index contributed by atoms with van der Waals surface area (Å²) in [4.78, 5) is 9.10. The molecule has 2 aromatic rings. The Morgan fingerprint density at radius 3 is 2.45 bits per heavy atom. The first-order valence-corrected chi connectivity index (χ1v) is 7.53. The van der Waals surface area contributed by atoms with E-state index in [9.17, 15) is 0 Å². The van der Waals surface area contributed by atoms with Crippen molar-refractivity contribution >= 4 is 28.4 Å². The van der Waals surface area contributed by atoms with E-state index in [2.05, 4.69) is 27.6 Å². The van der Waals surface area contributed by atoms with Gasteiger partial charge in [-0.15, -0.1) is 0 Å². The highest BCUT2D eigenvalue weighted by Gasteiger charge is 2.29. The van der Waals surface area contributed by atoms with Crippen LogP contribution in [-0.4, -0.2) is 17.1 Å². The lowest BCUT2D eigenvalue weighted by atomic mass is 10.0. The van der Waals surface area contributed by atoms with Crippen molar-refractivity contribution in [1.82, 2.24) is 9.97 Å². The fourth-order valence-corrected chi connectivity index (χ4v) is 2.43. The maximum atomic E-state index is 6.05. The minimum absolute atomic E-state index is 0.492. The second-order valence-electron chi connectivity index (χ2n) is 4.75. The zero-order valence-electron chi connectivity index (χ0n) is 11.9. The van der Waals surface area contributed by atoms with Crippen LogP contribution in [0.15, 0.2) is 30.3 Å². The first-order valence-electron chi connectivity index (χ1n) is 6.46. The average molecular weight is 383 g/mol. The Hall–Kier alpha value is -1.21. The number of benzene rings is 1. The third-order valence-corrected chi connectivity index (χ3v) is 4.59. The highest BCUT2D eigenvalue weighted by molar-refractivity contribution is 14.1. The lowest BCUT2D eigenvalue weighted by Gasteiger charge is -2.25. The van der Waals surface area contributed by atoms with Crippen LogP contribution in [0.3, 0.4) is 0 Å². The summed E-state index contributed by atoms with van der Waals surface area (Å²) in [6.45, 7) is 4.02. The van der Waals surface area contributed by atoms with E-state index in [0.717, 1.165) is 21.2 Å². The fraction of sp³-hybridized carbons (Fsp3) is 0.333. The summed E-state index contributed by atoms with van der Waals surface area (Å²) in [6, 6.07) is 9.98. The SMILES string of the molecule is CCC(C)(OC)c1nc(N)c(I)c(-c2ccccc2)n1. The van der Waals surface area contributed by atoms with E-state index >= 15 is 0 Å². The summed E-state index contributed by atoms with van der Waals surface area (Å²) in [6.07, 6.45) is 0.776. The van der Waals surface area contributed by atoms with Gasteiger partial charge in [0.15, 0.2) is 5.82 Å². The molecule has 1 aromatic carbocycles. The molecule has 1 unspecified atom stereocenters. The number of ether oxygens (including phenoxy) is 1. The van der Waals surface area contributed by atoms with Crippen LogP contribution < -0.4 is 5.73 Å². The Bertz CT molecular complexity index is 598. The summed E-state index contributed by atoms with van der Waals surface area (Å²) in [5.41, 5.74) is 7.41. The van der Waals surface area contributed by atoms with Crippen LogP contribution in [0, 0.1) is 3.57 Å². The monoisotopic (exact) mass is 383 g/mol. The highest BCUT2D eigenvalue weighted by atomic mass is 127. The normalized spacial score (nSPS) is 14.0. The molecule has 0 aliphatic carbocycles. The Morgan fingerprint density at radius 2 is 1.90 bits per heavy atom. The Kier molecular flexibility index (Phi) is 4.59. The molecule has 0 bridgehead atoms. The number of rotatable bonds is 4. The molecule has 5 heteroatoms. The van der Waals surface area contributed by atoms with Crippen molar-refractivity contribution < 1.29 is 4.74 Å². The molecule has 0 amide bonds. The summed E-state index contributed by atoms with van der Waals surface area (Å²) in [5.74, 6) is 1.12. The fourth-order valence-electron chi connectivity index (χ4n) is 1.88. The van der Waals surface area contributed by atoms with Crippen LogP contribution in [0.1, 0.15) is 26.1 Å². The Labute approximate surface area is 132 Å². The second-order valence-corrected chi connectivity index (χ2v) is 5.83. The van der Waals surface area contributed by atoms with E-state index in [1.165, 1.54) is 0 Å². The molecule has 0 fully saturated rings. The average Bonchev–Trinajstić information content (AvgIpc) is 2.50. The summed E-state index contributed by atoms with van der Waals surface area (Å²) in [7, 11) is 1.67. The van der Waals surface area contributed by atoms with Gasteiger partial charge in [0.25, 0.3) is 0 Å². The third-order valence-electron chi connectivity index (χ3n) is 3.52. The molecule has 0 aliphatic rings. The molecule has 0 spiro atoms. The number of nitrogens with two attached hydrogens (primary N) is 1. The molecule has 0 radical (unpaired) electrons. The van der Waals surface area contributed by atoms with Gasteiger partial charge < -0.3 is 10.5 Å². The van der Waals surface area contributed by atoms with Crippen molar-refractivity contribution in [2.75, 3.05) is 12.8 Å². The summed E-state index contributed by atoms with van der Waals surface area (Å²) < 4.78 is 6.44. The minimum atomic E-state index is -0.526. The van der Waals surface area contributed by atoms with E-state index in [1.54, 1.807) is 7.11 Å². The Balaban J connectivity index is 2.62. The lowest BCUT2D eigenvalue weighted by molar-refractivity contribution is -0.00879. The molecule has 106 valence electrons. The third kappa shape index (κ3) is 2.78. The first-order chi connectivity index (χ1) is 9.51. The van der Waals surface area contributed by atoms with Gasteiger partial charge in [-0.3, -0.25) is 0 Å². The van der Waals surface area contributed by atoms with Crippen LogP contribution in [0.5, 0.6) is 0 Å². The molecule has 4 nitrogen and oxygen atoms in total. The maximum absolute atomic E-state index is 6.05. The molecule has 1 aromatic heterocycles. The Morgan fingerprint density at radius 1 is 1.25 bits per heavy atom. The summed E-state index contributed by atoms with van der Waals surface area (Å²) >= 11 is 2.19. The van der Waals surface area contributed by atoms with E-state index in [-0.39, 0.29) is 0 Å². The molecular weight excluding hydrogens is 365 g/mol. The number of methoxy groups -OCH3 is 1. The van der Waals surface area contributed by atoms with Gasteiger partial charge in [0.05, 0.1) is 9.26 Å². The van der Waals surface area contributed by atoms with Crippen molar-refractivity contribution in [3.8, 4) is 11.3 Å². The second kappa shape index (κ2) is 6.05. The first kappa shape index (κ1) is 15.2. The van der Waals surface area contributed by atoms with Crippen molar-refractivity contribution in [2.24, 2.45) is 0 Å². The standard InChI is InChI=1S/C15H18IN3O/c1-4-15(2,20-3)14-18-12(11(16)13(17)19-14)10-8-6-5-7-9-10/h5-9H,4H2,1-3H3,(H2,17,18,19). The number of hydrogen-bond acceptors (Lipinski definition) is 4. The van der Waals surface area contributed by atoms with E-state index in [0.29, 0.717) is 11.6 Å². The van der Waals surface area contributed by atoms with Gasteiger partial charge >= 0.3 is 0 Å². The predicted molar refractivity (Wildman–Crippen MR) is 89.2 cm³/mol. The van der Waals surface area contributed by atoms with E-state index < -0.39 is 5.60 Å². The molecule has 2 rings (SSSR count). The number of aromatic nitrogens is 2. The van der Waals surface area contributed by atoms with Gasteiger partial charge in [-0.05, 0) is 35.9 Å². The smallest absolute Gasteiger partial charge is 0.162 e. The zero-order chi connectivity index (χ0) is 14.8. The van der Waals surface area contributed by atoms with Crippen LogP contribution >= 0.6 is 22.6 Å². The molecule has 0 aliphatic heterocycles. The number of halogens is 1. The van der Waals surface area contributed by atoms with Gasteiger partial charge in [0.1, 0.15) is 11.4 Å². The van der Waals surface area contributed by atoms with Crippen molar-refractivity contribution in [2.45, 2.75) is 25.9 Å². The molecular formula is C15H18IN3O. The van der Waals surface area contributed by atoms with Crippen molar-refractivity contribution in [3.05, 3.63) is 39.7 Å². The predicted octanol–water partition coefficient (Wildman–Crippen LogP) is 3.60. The molecule has 1 heterocycles. The highest BCUT2D eigenvalue weighted by Crippen LogP contribution is 2.32. The number of nitrogen functional groups attached to an aromatic ring is 1. The maximum Gasteiger partial charge on any atom is 0.162 e. The van der Waals surface area contributed by atoms with Gasteiger partial charge in [-0.2, -0.15) is 0 Å². The van der Waals surface area contributed by atoms with E-state index in [4.69, 9.17) is 15.5 Å². The molecule has 20 heavy (non-hydrogen) atoms.